The minimum atomic E-state index is -0.745. The van der Waals surface area contributed by atoms with Gasteiger partial charge >= 0.3 is 0 Å². The van der Waals surface area contributed by atoms with Crippen LogP contribution in [0, 0.1) is 10.1 Å². The summed E-state index contributed by atoms with van der Waals surface area (Å²) in [5.74, 6) is -0.292. The highest BCUT2D eigenvalue weighted by Gasteiger charge is 2.33. The van der Waals surface area contributed by atoms with Gasteiger partial charge in [0, 0.05) is 42.3 Å². The molecule has 0 spiro atoms. The van der Waals surface area contributed by atoms with Gasteiger partial charge in [0.2, 0.25) is 5.91 Å². The molecule has 0 saturated carbocycles. The van der Waals surface area contributed by atoms with Gasteiger partial charge < -0.3 is 14.8 Å². The van der Waals surface area contributed by atoms with Crippen LogP contribution in [0.1, 0.15) is 11.9 Å². The number of carbonyl (C=O) groups is 2. The van der Waals surface area contributed by atoms with Crippen LogP contribution in [0.25, 0.3) is 11.3 Å². The monoisotopic (exact) mass is 482 g/mol. The topological polar surface area (TPSA) is 124 Å². The molecular formula is C23H22N4O6S. The van der Waals surface area contributed by atoms with Crippen LogP contribution in [0.2, 0.25) is 0 Å². The standard InChI is InChI=1S/C23H22N4O6S/c1-14-23(29)26(12-21(28)24-16-4-6-17(7-5-16)27(30)31)19-11-15(3-8-20(19)33-14)18-13-34-22(25-18)9-10-32-2/h3-8,11,13-14H,9-10,12H2,1-2H3,(H,24,28). The number of amides is 2. The van der Waals surface area contributed by atoms with E-state index in [0.717, 1.165) is 16.3 Å². The van der Waals surface area contributed by atoms with Crippen molar-refractivity contribution >= 4 is 40.2 Å². The predicted octanol–water partition coefficient (Wildman–Crippen LogP) is 3.66. The second kappa shape index (κ2) is 9.98. The number of ether oxygens (including phenoxy) is 2. The maximum Gasteiger partial charge on any atom is 0.269 e. The molecule has 0 fully saturated rings. The second-order valence-corrected chi connectivity index (χ2v) is 8.53. The Kier molecular flexibility index (Phi) is 6.85. The lowest BCUT2D eigenvalue weighted by Gasteiger charge is -2.32. The molecule has 176 valence electrons. The van der Waals surface area contributed by atoms with Gasteiger partial charge in [-0.15, -0.1) is 11.3 Å². The maximum atomic E-state index is 12.9. The Morgan fingerprint density at radius 2 is 2.06 bits per heavy atom. The maximum absolute atomic E-state index is 12.9. The van der Waals surface area contributed by atoms with Crippen molar-refractivity contribution < 1.29 is 24.0 Å². The van der Waals surface area contributed by atoms with Crippen molar-refractivity contribution in [1.29, 1.82) is 0 Å². The first-order chi connectivity index (χ1) is 16.4. The molecule has 0 aliphatic carbocycles. The summed E-state index contributed by atoms with van der Waals surface area (Å²) in [6.07, 6.45) is -0.0365. The zero-order valence-electron chi connectivity index (χ0n) is 18.5. The van der Waals surface area contributed by atoms with Gasteiger partial charge in [-0.3, -0.25) is 24.6 Å². The summed E-state index contributed by atoms with van der Waals surface area (Å²) in [4.78, 5) is 41.9. The highest BCUT2D eigenvalue weighted by molar-refractivity contribution is 7.09. The van der Waals surface area contributed by atoms with Crippen LogP contribution < -0.4 is 15.0 Å². The minimum Gasteiger partial charge on any atom is -0.479 e. The SMILES string of the molecule is COCCc1nc(-c2ccc3c(c2)N(CC(=O)Nc2ccc([N+](=O)[O-])cc2)C(=O)C(C)O3)cs1. The van der Waals surface area contributed by atoms with Crippen LogP contribution in [0.15, 0.2) is 47.8 Å². The molecule has 1 N–H and O–H groups in total. The summed E-state index contributed by atoms with van der Waals surface area (Å²) in [7, 11) is 1.64. The minimum absolute atomic E-state index is 0.0796. The highest BCUT2D eigenvalue weighted by atomic mass is 32.1. The third kappa shape index (κ3) is 5.05. The Labute approximate surface area is 199 Å². The van der Waals surface area contributed by atoms with Gasteiger partial charge in [0.05, 0.1) is 27.9 Å². The van der Waals surface area contributed by atoms with Crippen LogP contribution in [0.4, 0.5) is 17.1 Å². The second-order valence-electron chi connectivity index (χ2n) is 7.59. The number of non-ortho nitro benzene ring substituents is 1. The van der Waals surface area contributed by atoms with E-state index in [2.05, 4.69) is 10.3 Å². The van der Waals surface area contributed by atoms with Gasteiger partial charge in [-0.1, -0.05) is 0 Å². The number of carbonyl (C=O) groups excluding carboxylic acids is 2. The van der Waals surface area contributed by atoms with E-state index in [1.54, 1.807) is 26.2 Å². The number of fused-ring (bicyclic) bond motifs is 1. The van der Waals surface area contributed by atoms with Crippen LogP contribution in [0.5, 0.6) is 5.75 Å². The molecule has 1 unspecified atom stereocenters. The van der Waals surface area contributed by atoms with Gasteiger partial charge in [-0.05, 0) is 37.3 Å². The van der Waals surface area contributed by atoms with E-state index >= 15 is 0 Å². The number of methoxy groups -OCH3 is 1. The number of nitrogens with one attached hydrogen (secondary N) is 1. The molecule has 4 rings (SSSR count). The van der Waals surface area contributed by atoms with Gasteiger partial charge in [-0.25, -0.2) is 4.98 Å². The summed E-state index contributed by atoms with van der Waals surface area (Å²) >= 11 is 1.53. The Balaban J connectivity index is 1.55. The number of aromatic nitrogens is 1. The van der Waals surface area contributed by atoms with E-state index in [9.17, 15) is 19.7 Å². The summed E-state index contributed by atoms with van der Waals surface area (Å²) in [5, 5.41) is 16.4. The normalized spacial score (nSPS) is 14.9. The lowest BCUT2D eigenvalue weighted by atomic mass is 10.1. The van der Waals surface area contributed by atoms with Gasteiger partial charge in [0.15, 0.2) is 6.10 Å². The summed E-state index contributed by atoms with van der Waals surface area (Å²) in [5.41, 5.74) is 2.35. The van der Waals surface area contributed by atoms with Crippen LogP contribution >= 0.6 is 11.3 Å². The van der Waals surface area contributed by atoms with E-state index in [1.807, 2.05) is 11.4 Å². The number of hydrogen-bond donors (Lipinski definition) is 1. The smallest absolute Gasteiger partial charge is 0.269 e. The molecule has 2 heterocycles. The number of rotatable bonds is 8. The highest BCUT2D eigenvalue weighted by Crippen LogP contribution is 2.37. The van der Waals surface area contributed by atoms with Gasteiger partial charge in [0.1, 0.15) is 12.3 Å². The zero-order chi connectivity index (χ0) is 24.2. The molecule has 1 aromatic heterocycles. The molecule has 0 bridgehead atoms. The predicted molar refractivity (Wildman–Crippen MR) is 127 cm³/mol. The van der Waals surface area contributed by atoms with Crippen molar-refractivity contribution in [2.24, 2.45) is 0 Å². The largest absolute Gasteiger partial charge is 0.479 e. The van der Waals surface area contributed by atoms with E-state index in [0.29, 0.717) is 30.2 Å². The summed E-state index contributed by atoms with van der Waals surface area (Å²) in [6.45, 7) is 1.97. The number of nitro groups is 1. The van der Waals surface area contributed by atoms with Crippen molar-refractivity contribution in [1.82, 2.24) is 4.98 Å². The summed E-state index contributed by atoms with van der Waals surface area (Å²) < 4.78 is 10.8. The average molecular weight is 483 g/mol. The first-order valence-corrected chi connectivity index (χ1v) is 11.3. The molecule has 2 amide bonds. The molecule has 3 aromatic rings. The molecule has 0 radical (unpaired) electrons. The molecule has 1 aliphatic heterocycles. The average Bonchev–Trinajstić information content (AvgIpc) is 3.30. The number of nitrogens with zero attached hydrogens (tertiary/aromatic N) is 3. The van der Waals surface area contributed by atoms with Crippen molar-refractivity contribution in [3.05, 3.63) is 63.0 Å². The van der Waals surface area contributed by atoms with Crippen LogP contribution in [-0.2, 0) is 20.7 Å². The van der Waals surface area contributed by atoms with Crippen molar-refractivity contribution in [3.63, 3.8) is 0 Å². The first kappa shape index (κ1) is 23.3. The molecule has 1 aliphatic rings. The zero-order valence-corrected chi connectivity index (χ0v) is 19.3. The molecular weight excluding hydrogens is 460 g/mol. The molecule has 10 nitrogen and oxygen atoms in total. The van der Waals surface area contributed by atoms with Gasteiger partial charge in [0.25, 0.3) is 11.6 Å². The number of anilines is 2. The lowest BCUT2D eigenvalue weighted by molar-refractivity contribution is -0.384. The Morgan fingerprint density at radius 3 is 2.76 bits per heavy atom. The Hall–Kier alpha value is -3.83. The molecule has 0 saturated heterocycles. The first-order valence-electron chi connectivity index (χ1n) is 10.5. The van der Waals surface area contributed by atoms with Gasteiger partial charge in [-0.2, -0.15) is 0 Å². The Morgan fingerprint density at radius 1 is 1.29 bits per heavy atom. The number of benzene rings is 2. The molecule has 2 aromatic carbocycles. The third-order valence-corrected chi connectivity index (χ3v) is 6.11. The fraction of sp³-hybridized carbons (Fsp3) is 0.261. The van der Waals surface area contributed by atoms with Crippen molar-refractivity contribution in [3.8, 4) is 17.0 Å². The van der Waals surface area contributed by atoms with E-state index in [-0.39, 0.29) is 18.1 Å². The quantitative estimate of drug-likeness (QED) is 0.384. The molecule has 11 heteroatoms. The van der Waals surface area contributed by atoms with E-state index in [1.165, 1.54) is 40.5 Å². The van der Waals surface area contributed by atoms with Crippen molar-refractivity contribution in [2.75, 3.05) is 30.5 Å². The molecule has 34 heavy (non-hydrogen) atoms. The van der Waals surface area contributed by atoms with Crippen LogP contribution in [0.3, 0.4) is 0 Å². The number of hydrogen-bond acceptors (Lipinski definition) is 8. The number of thiazole rings is 1. The lowest BCUT2D eigenvalue weighted by Crippen LogP contribution is -2.47. The van der Waals surface area contributed by atoms with E-state index < -0.39 is 16.9 Å². The summed E-state index contributed by atoms with van der Waals surface area (Å²) in [6, 6.07) is 10.9. The van der Waals surface area contributed by atoms with Crippen LogP contribution in [-0.4, -0.2) is 48.1 Å². The molecule has 1 atom stereocenters. The Bertz CT molecular complexity index is 1230. The fourth-order valence-corrected chi connectivity index (χ4v) is 4.28. The van der Waals surface area contributed by atoms with Crippen molar-refractivity contribution in [2.45, 2.75) is 19.4 Å². The van der Waals surface area contributed by atoms with E-state index in [4.69, 9.17) is 9.47 Å². The number of nitro benzene ring substituents is 1. The fourth-order valence-electron chi connectivity index (χ4n) is 3.49. The third-order valence-electron chi connectivity index (χ3n) is 5.20.